The zero-order chi connectivity index (χ0) is 5.33. The summed E-state index contributed by atoms with van der Waals surface area (Å²) in [5.74, 6) is 0.0903. The highest BCUT2D eigenvalue weighted by Gasteiger charge is 2.12. The summed E-state index contributed by atoms with van der Waals surface area (Å²) in [6.07, 6.45) is 0. The summed E-state index contributed by atoms with van der Waals surface area (Å²) in [5.41, 5.74) is 0. The van der Waals surface area contributed by atoms with Crippen LogP contribution in [-0.4, -0.2) is 20.7 Å². The number of sulfonamides is 1. The van der Waals surface area contributed by atoms with E-state index in [4.69, 9.17) is 0 Å². The van der Waals surface area contributed by atoms with Crippen molar-refractivity contribution < 1.29 is 8.42 Å². The normalized spacial score (nSPS) is 25.7. The predicted molar refractivity (Wildman–Crippen MR) is 23.5 cm³/mol. The molecule has 0 saturated carbocycles. The summed E-state index contributed by atoms with van der Waals surface area (Å²) in [7, 11) is -3.09. The first-order chi connectivity index (χ1) is 3.21. The van der Waals surface area contributed by atoms with Gasteiger partial charge in [-0.25, -0.2) is 8.42 Å². The molecule has 0 aromatic carbocycles. The zero-order valence-corrected chi connectivity index (χ0v) is 4.35. The molecule has 1 aliphatic heterocycles. The number of hydrogen-bond donors (Lipinski definition) is 0. The van der Waals surface area contributed by atoms with E-state index in [1.807, 2.05) is 0 Å². The summed E-state index contributed by atoms with van der Waals surface area (Å²) < 4.78 is 23.3. The van der Waals surface area contributed by atoms with Crippen LogP contribution in [0.5, 0.6) is 0 Å². The standard InChI is InChI=1S/C2H4N2O2S/c5-7(6)2-1-3-4-7/h1-2H2. The average Bonchev–Trinajstić information content (AvgIpc) is 1.84. The molecule has 0 amide bonds. The van der Waals surface area contributed by atoms with Gasteiger partial charge in [0.25, 0.3) is 10.0 Å². The molecule has 0 saturated heterocycles. The maximum Gasteiger partial charge on any atom is 0.272 e. The van der Waals surface area contributed by atoms with E-state index < -0.39 is 10.0 Å². The molecule has 0 N–H and O–H groups in total. The first-order valence-electron chi connectivity index (χ1n) is 1.82. The van der Waals surface area contributed by atoms with Crippen LogP contribution in [0.15, 0.2) is 9.63 Å². The van der Waals surface area contributed by atoms with Gasteiger partial charge in [-0.3, -0.25) is 0 Å². The molecule has 7 heavy (non-hydrogen) atoms. The Morgan fingerprint density at radius 2 is 2.14 bits per heavy atom. The first-order valence-corrected chi connectivity index (χ1v) is 3.43. The third kappa shape index (κ3) is 0.957. The van der Waals surface area contributed by atoms with E-state index in [0.717, 1.165) is 0 Å². The number of nitrogens with zero attached hydrogens (tertiary/aromatic N) is 2. The average molecular weight is 120 g/mol. The Morgan fingerprint density at radius 3 is 2.29 bits per heavy atom. The van der Waals surface area contributed by atoms with E-state index in [1.54, 1.807) is 0 Å². The van der Waals surface area contributed by atoms with Crippen LogP contribution in [0.2, 0.25) is 0 Å². The van der Waals surface area contributed by atoms with Gasteiger partial charge in [0.1, 0.15) is 0 Å². The second kappa shape index (κ2) is 1.26. The third-order valence-corrected chi connectivity index (χ3v) is 1.69. The number of hydrogen-bond acceptors (Lipinski definition) is 3. The molecule has 0 aromatic heterocycles. The van der Waals surface area contributed by atoms with Crippen LogP contribution in [0.4, 0.5) is 0 Å². The molecule has 0 spiro atoms. The Kier molecular flexibility index (Phi) is 0.846. The van der Waals surface area contributed by atoms with Gasteiger partial charge >= 0.3 is 0 Å². The van der Waals surface area contributed by atoms with Gasteiger partial charge < -0.3 is 0 Å². The van der Waals surface area contributed by atoms with E-state index in [1.165, 1.54) is 0 Å². The quantitative estimate of drug-likeness (QED) is 0.443. The highest BCUT2D eigenvalue weighted by molar-refractivity contribution is 7.90. The van der Waals surface area contributed by atoms with E-state index in [2.05, 4.69) is 9.63 Å². The Bertz CT molecular complexity index is 180. The van der Waals surface area contributed by atoms with Crippen LogP contribution in [0, 0.1) is 0 Å². The SMILES string of the molecule is O=S1(=O)CCN=N1. The Morgan fingerprint density at radius 1 is 1.43 bits per heavy atom. The fraction of sp³-hybridized carbons (Fsp3) is 1.00. The molecular weight excluding hydrogens is 116 g/mol. The number of rotatable bonds is 0. The van der Waals surface area contributed by atoms with Crippen molar-refractivity contribution in [2.75, 3.05) is 12.3 Å². The lowest BCUT2D eigenvalue weighted by molar-refractivity contribution is 0.601. The van der Waals surface area contributed by atoms with Crippen molar-refractivity contribution in [2.24, 2.45) is 9.63 Å². The Balaban J connectivity index is 2.99. The van der Waals surface area contributed by atoms with E-state index in [-0.39, 0.29) is 5.75 Å². The van der Waals surface area contributed by atoms with Crippen molar-refractivity contribution in [3.05, 3.63) is 0 Å². The van der Waals surface area contributed by atoms with Gasteiger partial charge in [-0.1, -0.05) is 4.52 Å². The summed E-state index contributed by atoms with van der Waals surface area (Å²) in [5, 5.41) is 3.27. The molecule has 40 valence electrons. The zero-order valence-electron chi connectivity index (χ0n) is 3.53. The largest absolute Gasteiger partial charge is 0.272 e. The van der Waals surface area contributed by atoms with Gasteiger partial charge in [-0.2, -0.15) is 5.11 Å². The predicted octanol–water partition coefficient (Wildman–Crippen LogP) is -0.218. The highest BCUT2D eigenvalue weighted by atomic mass is 32.2. The molecule has 0 fully saturated rings. The summed E-state index contributed by atoms with van der Waals surface area (Å²) in [4.78, 5) is 0. The summed E-state index contributed by atoms with van der Waals surface area (Å²) >= 11 is 0. The third-order valence-electron chi connectivity index (χ3n) is 0.631. The van der Waals surface area contributed by atoms with Gasteiger partial charge in [0.15, 0.2) is 0 Å². The maximum absolute atomic E-state index is 10.2. The van der Waals surface area contributed by atoms with Crippen molar-refractivity contribution in [1.82, 2.24) is 0 Å². The lowest BCUT2D eigenvalue weighted by Crippen LogP contribution is -1.95. The van der Waals surface area contributed by atoms with E-state index in [0.29, 0.717) is 6.54 Å². The van der Waals surface area contributed by atoms with Crippen LogP contribution in [0.3, 0.4) is 0 Å². The molecule has 0 bridgehead atoms. The minimum atomic E-state index is -3.09. The Hall–Kier alpha value is -0.450. The molecule has 1 aliphatic rings. The highest BCUT2D eigenvalue weighted by Crippen LogP contribution is 2.00. The van der Waals surface area contributed by atoms with Crippen molar-refractivity contribution in [1.29, 1.82) is 0 Å². The smallest absolute Gasteiger partial charge is 0.203 e. The second-order valence-corrected chi connectivity index (χ2v) is 2.97. The molecule has 4 nitrogen and oxygen atoms in total. The molecule has 0 atom stereocenters. The van der Waals surface area contributed by atoms with Crippen LogP contribution < -0.4 is 0 Å². The second-order valence-electron chi connectivity index (χ2n) is 1.23. The molecule has 0 aliphatic carbocycles. The monoisotopic (exact) mass is 120 g/mol. The van der Waals surface area contributed by atoms with Gasteiger partial charge in [-0.05, 0) is 0 Å². The molecule has 0 radical (unpaired) electrons. The van der Waals surface area contributed by atoms with Crippen molar-refractivity contribution in [2.45, 2.75) is 0 Å². The fourth-order valence-corrected chi connectivity index (χ4v) is 0.977. The minimum Gasteiger partial charge on any atom is -0.203 e. The first kappa shape index (κ1) is 4.70. The van der Waals surface area contributed by atoms with Gasteiger partial charge in [0, 0.05) is 0 Å². The summed E-state index contributed by atoms with van der Waals surface area (Å²) in [6.45, 7) is 0.336. The fourth-order valence-electron chi connectivity index (χ4n) is 0.326. The summed E-state index contributed by atoms with van der Waals surface area (Å²) in [6, 6.07) is 0. The topological polar surface area (TPSA) is 58.9 Å². The van der Waals surface area contributed by atoms with Gasteiger partial charge in [0.2, 0.25) is 0 Å². The van der Waals surface area contributed by atoms with E-state index >= 15 is 0 Å². The molecule has 1 heterocycles. The van der Waals surface area contributed by atoms with Crippen LogP contribution in [0.1, 0.15) is 0 Å². The van der Waals surface area contributed by atoms with Gasteiger partial charge in [-0.15, -0.1) is 0 Å². The maximum atomic E-state index is 10.2. The minimum absolute atomic E-state index is 0.0903. The van der Waals surface area contributed by atoms with Crippen LogP contribution >= 0.6 is 0 Å². The molecule has 5 heteroatoms. The van der Waals surface area contributed by atoms with Crippen molar-refractivity contribution in [3.8, 4) is 0 Å². The van der Waals surface area contributed by atoms with Crippen molar-refractivity contribution >= 4 is 10.0 Å². The lowest BCUT2D eigenvalue weighted by Gasteiger charge is -1.74. The molecule has 0 aromatic rings. The lowest BCUT2D eigenvalue weighted by atomic mass is 10.8. The Labute approximate surface area is 41.3 Å². The molecular formula is C2H4N2O2S. The van der Waals surface area contributed by atoms with Crippen LogP contribution in [0.25, 0.3) is 0 Å². The van der Waals surface area contributed by atoms with Crippen LogP contribution in [-0.2, 0) is 10.0 Å². The molecule has 0 unspecified atom stereocenters. The molecule has 1 rings (SSSR count). The van der Waals surface area contributed by atoms with Crippen molar-refractivity contribution in [3.63, 3.8) is 0 Å². The van der Waals surface area contributed by atoms with Gasteiger partial charge in [0.05, 0.1) is 12.3 Å². The van der Waals surface area contributed by atoms with E-state index in [9.17, 15) is 8.42 Å².